The second-order valence-corrected chi connectivity index (χ2v) is 5.23. The number of carbonyl (C=O) groups excluding carboxylic acids is 1. The average molecular weight is 270 g/mol. The van der Waals surface area contributed by atoms with Crippen LogP contribution in [0.3, 0.4) is 0 Å². The van der Waals surface area contributed by atoms with Crippen LogP contribution in [-0.2, 0) is 0 Å². The molecule has 1 atom stereocenters. The molecule has 0 heterocycles. The highest BCUT2D eigenvalue weighted by atomic mass is 32.2. The number of hydrogen-bond donors (Lipinski definition) is 3. The van der Waals surface area contributed by atoms with Crippen LogP contribution in [0.5, 0.6) is 5.75 Å². The molecule has 1 unspecified atom stereocenters. The van der Waals surface area contributed by atoms with E-state index in [2.05, 4.69) is 5.43 Å². The lowest BCUT2D eigenvalue weighted by Gasteiger charge is -2.11. The fourth-order valence-corrected chi connectivity index (χ4v) is 2.00. The Bertz CT molecular complexity index is 387. The van der Waals surface area contributed by atoms with Crippen molar-refractivity contribution in [1.29, 1.82) is 0 Å². The van der Waals surface area contributed by atoms with E-state index in [0.717, 1.165) is 5.75 Å². The minimum absolute atomic E-state index is 0.150. The lowest BCUT2D eigenvalue weighted by atomic mass is 10.2. The van der Waals surface area contributed by atoms with Gasteiger partial charge in [0.05, 0.1) is 18.8 Å². The summed E-state index contributed by atoms with van der Waals surface area (Å²) in [6.45, 7) is 2.57. The van der Waals surface area contributed by atoms with E-state index >= 15 is 0 Å². The second-order valence-electron chi connectivity index (χ2n) is 3.68. The van der Waals surface area contributed by atoms with Gasteiger partial charge in [-0.2, -0.15) is 11.8 Å². The number of ether oxygens (including phenoxy) is 1. The summed E-state index contributed by atoms with van der Waals surface area (Å²) in [6.07, 6.45) is 0. The maximum absolute atomic E-state index is 11.5. The minimum Gasteiger partial charge on any atom is -0.492 e. The van der Waals surface area contributed by atoms with Crippen LogP contribution in [-0.4, -0.2) is 35.2 Å². The molecule has 0 bridgehead atoms. The van der Waals surface area contributed by atoms with Gasteiger partial charge in [-0.1, -0.05) is 19.1 Å². The van der Waals surface area contributed by atoms with Gasteiger partial charge < -0.3 is 9.84 Å². The van der Waals surface area contributed by atoms with Crippen LogP contribution < -0.4 is 16.0 Å². The number of aliphatic hydroxyl groups excluding tert-OH is 1. The largest absolute Gasteiger partial charge is 0.492 e. The summed E-state index contributed by atoms with van der Waals surface area (Å²) in [5.74, 6) is 5.99. The summed E-state index contributed by atoms with van der Waals surface area (Å²) in [7, 11) is 0. The fraction of sp³-hybridized carbons (Fsp3) is 0.417. The van der Waals surface area contributed by atoms with Crippen molar-refractivity contribution in [2.24, 2.45) is 5.84 Å². The SMILES string of the molecule is CC(CO)SCCOc1ccccc1C(=O)NN. The summed E-state index contributed by atoms with van der Waals surface area (Å²) in [6, 6.07) is 6.93. The molecular weight excluding hydrogens is 252 g/mol. The Kier molecular flexibility index (Phi) is 6.56. The summed E-state index contributed by atoms with van der Waals surface area (Å²) in [5.41, 5.74) is 2.50. The number of para-hydroxylation sites is 1. The molecule has 0 fully saturated rings. The maximum Gasteiger partial charge on any atom is 0.268 e. The highest BCUT2D eigenvalue weighted by molar-refractivity contribution is 7.99. The van der Waals surface area contributed by atoms with Gasteiger partial charge in [0.25, 0.3) is 5.91 Å². The van der Waals surface area contributed by atoms with Crippen molar-refractivity contribution in [2.75, 3.05) is 19.0 Å². The first-order chi connectivity index (χ1) is 8.69. The number of nitrogen functional groups attached to an aromatic ring is 1. The van der Waals surface area contributed by atoms with Gasteiger partial charge in [-0.3, -0.25) is 10.2 Å². The average Bonchev–Trinajstić information content (AvgIpc) is 2.42. The van der Waals surface area contributed by atoms with Gasteiger partial charge >= 0.3 is 0 Å². The van der Waals surface area contributed by atoms with Crippen LogP contribution in [0.2, 0.25) is 0 Å². The molecule has 5 nitrogen and oxygen atoms in total. The molecule has 0 saturated heterocycles. The van der Waals surface area contributed by atoms with E-state index in [1.807, 2.05) is 6.92 Å². The van der Waals surface area contributed by atoms with Crippen LogP contribution in [0.4, 0.5) is 0 Å². The van der Waals surface area contributed by atoms with E-state index in [9.17, 15) is 4.79 Å². The van der Waals surface area contributed by atoms with E-state index in [1.54, 1.807) is 36.0 Å². The molecular formula is C12H18N2O3S. The first-order valence-corrected chi connectivity index (χ1v) is 6.69. The quantitative estimate of drug-likeness (QED) is 0.295. The van der Waals surface area contributed by atoms with Gasteiger partial charge in [-0.15, -0.1) is 0 Å². The Morgan fingerprint density at radius 3 is 2.94 bits per heavy atom. The molecule has 0 radical (unpaired) electrons. The standard InChI is InChI=1S/C12H18N2O3S/c1-9(8-15)18-7-6-17-11-5-3-2-4-10(11)12(16)14-13/h2-5,9,15H,6-8,13H2,1H3,(H,14,16). The van der Waals surface area contributed by atoms with Gasteiger partial charge in [-0.25, -0.2) is 5.84 Å². The zero-order chi connectivity index (χ0) is 13.4. The van der Waals surface area contributed by atoms with Crippen molar-refractivity contribution in [3.05, 3.63) is 29.8 Å². The number of rotatable bonds is 7. The number of thioether (sulfide) groups is 1. The lowest BCUT2D eigenvalue weighted by molar-refractivity contribution is 0.0950. The first kappa shape index (κ1) is 14.8. The molecule has 0 aromatic heterocycles. The van der Waals surface area contributed by atoms with Crippen LogP contribution >= 0.6 is 11.8 Å². The number of hydrazine groups is 1. The number of aliphatic hydroxyl groups is 1. The summed E-state index contributed by atoms with van der Waals surface area (Å²) >= 11 is 1.62. The van der Waals surface area contributed by atoms with E-state index in [4.69, 9.17) is 15.7 Å². The van der Waals surface area contributed by atoms with E-state index < -0.39 is 0 Å². The van der Waals surface area contributed by atoms with Gasteiger partial charge in [0.1, 0.15) is 5.75 Å². The zero-order valence-electron chi connectivity index (χ0n) is 10.3. The molecule has 6 heteroatoms. The Morgan fingerprint density at radius 1 is 1.56 bits per heavy atom. The third-order valence-corrected chi connectivity index (χ3v) is 3.38. The van der Waals surface area contributed by atoms with Crippen molar-refractivity contribution < 1.29 is 14.6 Å². The third kappa shape index (κ3) is 4.56. The lowest BCUT2D eigenvalue weighted by Crippen LogP contribution is -2.30. The zero-order valence-corrected chi connectivity index (χ0v) is 11.1. The Hall–Kier alpha value is -1.24. The van der Waals surface area contributed by atoms with Gasteiger partial charge in [0.2, 0.25) is 0 Å². The molecule has 4 N–H and O–H groups in total. The molecule has 1 rings (SSSR count). The number of nitrogens with one attached hydrogen (secondary N) is 1. The molecule has 0 aliphatic heterocycles. The maximum atomic E-state index is 11.5. The number of carbonyl (C=O) groups is 1. The topological polar surface area (TPSA) is 84.6 Å². The molecule has 100 valence electrons. The normalized spacial score (nSPS) is 11.9. The Morgan fingerprint density at radius 2 is 2.28 bits per heavy atom. The van der Waals surface area contributed by atoms with Crippen LogP contribution in [0.1, 0.15) is 17.3 Å². The van der Waals surface area contributed by atoms with Crippen LogP contribution in [0.25, 0.3) is 0 Å². The molecule has 1 amide bonds. The second kappa shape index (κ2) is 7.97. The predicted octanol–water partition coefficient (Wildman–Crippen LogP) is 0.783. The van der Waals surface area contributed by atoms with Crippen molar-refractivity contribution in [3.63, 3.8) is 0 Å². The van der Waals surface area contributed by atoms with Crippen molar-refractivity contribution in [2.45, 2.75) is 12.2 Å². The van der Waals surface area contributed by atoms with E-state index in [0.29, 0.717) is 17.9 Å². The Labute approximate surface area is 111 Å². The number of hydrogen-bond acceptors (Lipinski definition) is 5. The van der Waals surface area contributed by atoms with Crippen molar-refractivity contribution >= 4 is 17.7 Å². The van der Waals surface area contributed by atoms with Crippen molar-refractivity contribution in [3.8, 4) is 5.75 Å². The molecule has 0 saturated carbocycles. The fourth-order valence-electron chi connectivity index (χ4n) is 1.31. The smallest absolute Gasteiger partial charge is 0.268 e. The van der Waals surface area contributed by atoms with Gasteiger partial charge in [0, 0.05) is 11.0 Å². The van der Waals surface area contributed by atoms with E-state index in [-0.39, 0.29) is 17.8 Å². The summed E-state index contributed by atoms with van der Waals surface area (Å²) < 4.78 is 5.54. The molecule has 0 aliphatic rings. The highest BCUT2D eigenvalue weighted by Crippen LogP contribution is 2.18. The van der Waals surface area contributed by atoms with Crippen molar-refractivity contribution in [1.82, 2.24) is 5.43 Å². The van der Waals surface area contributed by atoms with Gasteiger partial charge in [0.15, 0.2) is 0 Å². The van der Waals surface area contributed by atoms with E-state index in [1.165, 1.54) is 0 Å². The molecule has 0 aliphatic carbocycles. The Balaban J connectivity index is 2.49. The highest BCUT2D eigenvalue weighted by Gasteiger charge is 2.10. The minimum atomic E-state index is -0.373. The van der Waals surface area contributed by atoms with Crippen LogP contribution in [0.15, 0.2) is 24.3 Å². The number of nitrogens with two attached hydrogens (primary N) is 1. The molecule has 1 aromatic rings. The number of amides is 1. The molecule has 1 aromatic carbocycles. The monoisotopic (exact) mass is 270 g/mol. The number of benzene rings is 1. The molecule has 0 spiro atoms. The van der Waals surface area contributed by atoms with Gasteiger partial charge in [-0.05, 0) is 12.1 Å². The summed E-state index contributed by atoms with van der Waals surface area (Å²) in [5, 5.41) is 9.06. The first-order valence-electron chi connectivity index (χ1n) is 5.64. The molecule has 18 heavy (non-hydrogen) atoms. The van der Waals surface area contributed by atoms with Crippen LogP contribution in [0, 0.1) is 0 Å². The third-order valence-electron chi connectivity index (χ3n) is 2.26. The predicted molar refractivity (Wildman–Crippen MR) is 72.6 cm³/mol. The summed E-state index contributed by atoms with van der Waals surface area (Å²) in [4.78, 5) is 11.5.